The molecule has 0 fully saturated rings. The molecule has 2 N–H and O–H groups in total. The van der Waals surface area contributed by atoms with E-state index >= 15 is 0 Å². The molecule has 0 heterocycles. The van der Waals surface area contributed by atoms with Gasteiger partial charge in [0, 0.05) is 5.56 Å². The Morgan fingerprint density at radius 1 is 0.625 bits per heavy atom. The third-order valence-corrected chi connectivity index (χ3v) is 2.85. The molecule has 1 rings (SSSR count). The molecule has 1 atom stereocenters. The van der Waals surface area contributed by atoms with Gasteiger partial charge < -0.3 is 10.2 Å². The number of alkyl halides is 9. The molecule has 0 saturated heterocycles. The van der Waals surface area contributed by atoms with Crippen LogP contribution in [0.5, 0.6) is 0 Å². The molecule has 0 unspecified atom stereocenters. The van der Waals surface area contributed by atoms with Crippen LogP contribution < -0.4 is 0 Å². The highest BCUT2D eigenvalue weighted by molar-refractivity contribution is 5.36. The van der Waals surface area contributed by atoms with Crippen molar-refractivity contribution in [1.29, 1.82) is 0 Å². The van der Waals surface area contributed by atoms with Gasteiger partial charge in [0.15, 0.2) is 0 Å². The van der Waals surface area contributed by atoms with Gasteiger partial charge >= 0.3 is 24.1 Å². The molecular weight excluding hydrogens is 359 g/mol. The van der Waals surface area contributed by atoms with Crippen LogP contribution in [0.1, 0.15) is 5.56 Å². The third kappa shape index (κ3) is 3.44. The highest BCUT2D eigenvalue weighted by Gasteiger charge is 2.70. The van der Waals surface area contributed by atoms with Gasteiger partial charge in [-0.05, 0) is 11.8 Å². The van der Waals surface area contributed by atoms with Crippen LogP contribution in [0.15, 0.2) is 30.3 Å². The van der Waals surface area contributed by atoms with E-state index in [9.17, 15) is 44.6 Å². The Kier molecular flexibility index (Phi) is 4.91. The van der Waals surface area contributed by atoms with Crippen LogP contribution in [-0.2, 0) is 5.60 Å². The third-order valence-electron chi connectivity index (χ3n) is 2.85. The average Bonchev–Trinajstić information content (AvgIpc) is 2.41. The lowest BCUT2D eigenvalue weighted by Gasteiger charge is -2.29. The Morgan fingerprint density at radius 3 is 1.38 bits per heavy atom. The van der Waals surface area contributed by atoms with Crippen molar-refractivity contribution in [3.63, 3.8) is 0 Å². The Hall–Kier alpha value is -1.93. The molecule has 0 amide bonds. The molecule has 1 aromatic carbocycles. The summed E-state index contributed by atoms with van der Waals surface area (Å²) in [4.78, 5) is 0. The van der Waals surface area contributed by atoms with Gasteiger partial charge in [-0.1, -0.05) is 30.3 Å². The number of benzene rings is 1. The monoisotopic (exact) mass is 366 g/mol. The summed E-state index contributed by atoms with van der Waals surface area (Å²) >= 11 is 0. The van der Waals surface area contributed by atoms with Crippen LogP contribution in [-0.4, -0.2) is 34.3 Å². The molecule has 0 aliphatic heterocycles. The number of hydrogen-bond acceptors (Lipinski definition) is 2. The summed E-state index contributed by atoms with van der Waals surface area (Å²) in [5.41, 5.74) is -11.2. The molecule has 0 aliphatic carbocycles. The SMILES string of the molecule is OC(C#C[C@@](O)(c1ccccc1)C(F)(F)F)(C(F)(F)F)C(F)(F)F. The van der Waals surface area contributed by atoms with E-state index in [-0.39, 0.29) is 5.92 Å². The van der Waals surface area contributed by atoms with Gasteiger partial charge in [0.2, 0.25) is 5.60 Å². The first kappa shape index (κ1) is 20.1. The summed E-state index contributed by atoms with van der Waals surface area (Å²) in [6, 6.07) is 4.29. The second-order valence-corrected chi connectivity index (χ2v) is 4.53. The molecule has 1 aromatic rings. The van der Waals surface area contributed by atoms with Crippen molar-refractivity contribution in [3.05, 3.63) is 35.9 Å². The summed E-state index contributed by atoms with van der Waals surface area (Å²) in [6.07, 6.45) is -18.6. The number of aliphatic hydroxyl groups is 2. The fourth-order valence-corrected chi connectivity index (χ4v) is 1.47. The predicted molar refractivity (Wildman–Crippen MR) is 61.2 cm³/mol. The van der Waals surface area contributed by atoms with Crippen molar-refractivity contribution in [2.75, 3.05) is 0 Å². The zero-order chi connectivity index (χ0) is 19.0. The normalized spacial score (nSPS) is 16.1. The van der Waals surface area contributed by atoms with Gasteiger partial charge in [-0.3, -0.25) is 0 Å². The zero-order valence-corrected chi connectivity index (χ0v) is 11.2. The van der Waals surface area contributed by atoms with Gasteiger partial charge in [-0.2, -0.15) is 39.5 Å². The average molecular weight is 366 g/mol. The second kappa shape index (κ2) is 5.86. The molecule has 0 saturated carbocycles. The molecule has 0 radical (unpaired) electrons. The van der Waals surface area contributed by atoms with Crippen molar-refractivity contribution < 1.29 is 49.7 Å². The standard InChI is InChI=1S/C13H7F9O2/c14-11(15,16)9(23,8-4-2-1-3-5-8)6-7-10(24,12(17,18)19)13(20,21)22/h1-5,23-24H/t9-/m1/s1. The second-order valence-electron chi connectivity index (χ2n) is 4.53. The highest BCUT2D eigenvalue weighted by atomic mass is 19.4. The van der Waals surface area contributed by atoms with Crippen LogP contribution in [0.2, 0.25) is 0 Å². The minimum absolute atomic E-state index is 0.107. The number of hydrogen-bond donors (Lipinski definition) is 2. The van der Waals surface area contributed by atoms with Gasteiger partial charge in [0.1, 0.15) is 0 Å². The van der Waals surface area contributed by atoms with Gasteiger partial charge in [-0.15, -0.1) is 0 Å². The maximum atomic E-state index is 13.0. The molecule has 0 aliphatic rings. The lowest BCUT2D eigenvalue weighted by atomic mass is 9.92. The molecule has 11 heteroatoms. The van der Waals surface area contributed by atoms with Gasteiger partial charge in [0.05, 0.1) is 0 Å². The molecular formula is C13H7F9O2. The minimum Gasteiger partial charge on any atom is -0.366 e. The van der Waals surface area contributed by atoms with Crippen molar-refractivity contribution >= 4 is 0 Å². The largest absolute Gasteiger partial charge is 0.438 e. The Balaban J connectivity index is 3.60. The fourth-order valence-electron chi connectivity index (χ4n) is 1.47. The molecule has 0 bridgehead atoms. The molecule has 24 heavy (non-hydrogen) atoms. The first-order valence-corrected chi connectivity index (χ1v) is 5.81. The van der Waals surface area contributed by atoms with E-state index in [1.807, 2.05) is 0 Å². The topological polar surface area (TPSA) is 40.5 Å². The van der Waals surface area contributed by atoms with Gasteiger partial charge in [-0.25, -0.2) is 0 Å². The Morgan fingerprint density at radius 2 is 1.04 bits per heavy atom. The quantitative estimate of drug-likeness (QED) is 0.592. The fraction of sp³-hybridized carbons (Fsp3) is 0.385. The van der Waals surface area contributed by atoms with Crippen LogP contribution in [0.3, 0.4) is 0 Å². The van der Waals surface area contributed by atoms with Crippen molar-refractivity contribution in [3.8, 4) is 11.8 Å². The van der Waals surface area contributed by atoms with Gasteiger partial charge in [0.25, 0.3) is 0 Å². The Bertz CT molecular complexity index is 620. The van der Waals surface area contributed by atoms with Crippen molar-refractivity contribution in [1.82, 2.24) is 0 Å². The first-order chi connectivity index (χ1) is 10.6. The molecule has 0 aromatic heterocycles. The van der Waals surface area contributed by atoms with Crippen LogP contribution in [0.4, 0.5) is 39.5 Å². The lowest BCUT2D eigenvalue weighted by molar-refractivity contribution is -0.343. The lowest BCUT2D eigenvalue weighted by Crippen LogP contribution is -2.56. The van der Waals surface area contributed by atoms with E-state index in [1.165, 1.54) is 6.07 Å². The summed E-state index contributed by atoms with van der Waals surface area (Å²) in [5.74, 6) is 0.604. The summed E-state index contributed by atoms with van der Waals surface area (Å²) in [7, 11) is 0. The van der Waals surface area contributed by atoms with Crippen molar-refractivity contribution in [2.24, 2.45) is 0 Å². The minimum atomic E-state index is -6.44. The number of rotatable bonds is 1. The van der Waals surface area contributed by atoms with E-state index < -0.39 is 35.3 Å². The predicted octanol–water partition coefficient (Wildman–Crippen LogP) is 3.30. The van der Waals surface area contributed by atoms with Crippen LogP contribution >= 0.6 is 0 Å². The zero-order valence-electron chi connectivity index (χ0n) is 11.2. The van der Waals surface area contributed by atoms with E-state index in [0.29, 0.717) is 18.1 Å². The van der Waals surface area contributed by atoms with E-state index in [0.717, 1.165) is 12.1 Å². The molecule has 2 nitrogen and oxygen atoms in total. The maximum absolute atomic E-state index is 13.0. The first-order valence-electron chi connectivity index (χ1n) is 5.81. The van der Waals surface area contributed by atoms with E-state index in [4.69, 9.17) is 5.11 Å². The maximum Gasteiger partial charge on any atom is 0.438 e. The van der Waals surface area contributed by atoms with Crippen LogP contribution in [0, 0.1) is 11.8 Å². The smallest absolute Gasteiger partial charge is 0.366 e. The molecule has 0 spiro atoms. The Labute approximate surface area is 128 Å². The summed E-state index contributed by atoms with van der Waals surface area (Å²) in [5, 5.41) is 18.3. The van der Waals surface area contributed by atoms with Crippen LogP contribution in [0.25, 0.3) is 0 Å². The molecule has 134 valence electrons. The summed E-state index contributed by atoms with van der Waals surface area (Å²) < 4.78 is 114. The van der Waals surface area contributed by atoms with E-state index in [1.54, 1.807) is 0 Å². The number of halogens is 9. The van der Waals surface area contributed by atoms with Crippen molar-refractivity contribution in [2.45, 2.75) is 29.7 Å². The van der Waals surface area contributed by atoms with E-state index in [2.05, 4.69) is 0 Å². The summed E-state index contributed by atoms with van der Waals surface area (Å²) in [6.45, 7) is 0. The highest BCUT2D eigenvalue weighted by Crippen LogP contribution is 2.44.